The summed E-state index contributed by atoms with van der Waals surface area (Å²) in [7, 11) is 0. The van der Waals surface area contributed by atoms with E-state index in [2.05, 4.69) is 30.3 Å². The summed E-state index contributed by atoms with van der Waals surface area (Å²) in [4.78, 5) is 11.4. The van der Waals surface area contributed by atoms with Gasteiger partial charge in [-0.15, -0.1) is 0 Å². The predicted octanol–water partition coefficient (Wildman–Crippen LogP) is 3.09. The van der Waals surface area contributed by atoms with Crippen LogP contribution in [0.15, 0.2) is 42.5 Å². The van der Waals surface area contributed by atoms with Gasteiger partial charge in [0.2, 0.25) is 0 Å². The topological polar surface area (TPSA) is 26.3 Å². The fourth-order valence-corrected chi connectivity index (χ4v) is 2.71. The molecular weight excluding hydrogens is 224 g/mol. The summed E-state index contributed by atoms with van der Waals surface area (Å²) in [5.74, 6) is 0.228. The SMILES string of the molecule is CC(=O)CC1(c2ccc3ccccc3c2)COC1. The van der Waals surface area contributed by atoms with Crippen LogP contribution in [0, 0.1) is 0 Å². The second kappa shape index (κ2) is 4.21. The zero-order chi connectivity index (χ0) is 12.6. The normalized spacial score (nSPS) is 17.4. The Morgan fingerprint density at radius 3 is 2.50 bits per heavy atom. The third-order valence-electron chi connectivity index (χ3n) is 3.71. The van der Waals surface area contributed by atoms with Gasteiger partial charge in [-0.3, -0.25) is 4.79 Å². The van der Waals surface area contributed by atoms with Gasteiger partial charge in [-0.2, -0.15) is 0 Å². The number of ketones is 1. The minimum absolute atomic E-state index is 0.0874. The number of fused-ring (bicyclic) bond motifs is 1. The Bertz CT molecular complexity index is 597. The van der Waals surface area contributed by atoms with Crippen LogP contribution >= 0.6 is 0 Å². The van der Waals surface area contributed by atoms with Crippen LogP contribution < -0.4 is 0 Å². The summed E-state index contributed by atoms with van der Waals surface area (Å²) in [6.45, 7) is 2.97. The number of hydrogen-bond acceptors (Lipinski definition) is 2. The Kier molecular flexibility index (Phi) is 2.67. The molecule has 18 heavy (non-hydrogen) atoms. The van der Waals surface area contributed by atoms with Crippen molar-refractivity contribution in [3.05, 3.63) is 48.0 Å². The first-order valence-corrected chi connectivity index (χ1v) is 6.26. The number of ether oxygens (including phenoxy) is 1. The first-order chi connectivity index (χ1) is 8.70. The molecule has 1 fully saturated rings. The predicted molar refractivity (Wildman–Crippen MR) is 71.7 cm³/mol. The van der Waals surface area contributed by atoms with Crippen molar-refractivity contribution < 1.29 is 9.53 Å². The smallest absolute Gasteiger partial charge is 0.130 e. The van der Waals surface area contributed by atoms with E-state index in [1.165, 1.54) is 16.3 Å². The van der Waals surface area contributed by atoms with Gasteiger partial charge in [0, 0.05) is 11.8 Å². The highest BCUT2D eigenvalue weighted by Gasteiger charge is 2.41. The number of benzene rings is 2. The lowest BCUT2D eigenvalue weighted by molar-refractivity contribution is -0.125. The average Bonchev–Trinajstić information content (AvgIpc) is 2.33. The van der Waals surface area contributed by atoms with Crippen LogP contribution in [-0.2, 0) is 14.9 Å². The summed E-state index contributed by atoms with van der Waals surface area (Å²) >= 11 is 0. The highest BCUT2D eigenvalue weighted by Crippen LogP contribution is 2.37. The van der Waals surface area contributed by atoms with Gasteiger partial charge in [0.15, 0.2) is 0 Å². The first-order valence-electron chi connectivity index (χ1n) is 6.26. The first kappa shape index (κ1) is 11.4. The maximum atomic E-state index is 11.4. The van der Waals surface area contributed by atoms with Gasteiger partial charge in [0.1, 0.15) is 5.78 Å². The van der Waals surface area contributed by atoms with Crippen LogP contribution in [0.2, 0.25) is 0 Å². The van der Waals surface area contributed by atoms with E-state index >= 15 is 0 Å². The average molecular weight is 240 g/mol. The van der Waals surface area contributed by atoms with E-state index in [9.17, 15) is 4.79 Å². The zero-order valence-corrected chi connectivity index (χ0v) is 10.5. The van der Waals surface area contributed by atoms with E-state index in [-0.39, 0.29) is 11.2 Å². The minimum atomic E-state index is -0.0874. The molecule has 1 heterocycles. The summed E-state index contributed by atoms with van der Waals surface area (Å²) < 4.78 is 5.35. The molecule has 0 amide bonds. The van der Waals surface area contributed by atoms with Gasteiger partial charge >= 0.3 is 0 Å². The summed E-state index contributed by atoms with van der Waals surface area (Å²) in [6.07, 6.45) is 0.575. The van der Waals surface area contributed by atoms with E-state index < -0.39 is 0 Å². The molecule has 0 bridgehead atoms. The van der Waals surface area contributed by atoms with Crippen molar-refractivity contribution in [3.8, 4) is 0 Å². The molecule has 2 aromatic rings. The molecule has 2 nitrogen and oxygen atoms in total. The monoisotopic (exact) mass is 240 g/mol. The molecule has 2 aromatic carbocycles. The molecule has 92 valence electrons. The second-order valence-corrected chi connectivity index (χ2v) is 5.21. The Morgan fingerprint density at radius 1 is 1.17 bits per heavy atom. The highest BCUT2D eigenvalue weighted by atomic mass is 16.5. The fourth-order valence-electron chi connectivity index (χ4n) is 2.71. The van der Waals surface area contributed by atoms with Crippen LogP contribution in [0.3, 0.4) is 0 Å². The fraction of sp³-hybridized carbons (Fsp3) is 0.312. The lowest BCUT2D eigenvalue weighted by Crippen LogP contribution is -2.47. The van der Waals surface area contributed by atoms with Gasteiger partial charge in [-0.05, 0) is 23.3 Å². The van der Waals surface area contributed by atoms with E-state index in [1.807, 2.05) is 12.1 Å². The Morgan fingerprint density at radius 2 is 1.89 bits per heavy atom. The van der Waals surface area contributed by atoms with Crippen molar-refractivity contribution >= 4 is 16.6 Å². The molecule has 2 heteroatoms. The molecule has 0 radical (unpaired) electrons. The molecule has 0 unspecified atom stereocenters. The molecular formula is C16H16O2. The van der Waals surface area contributed by atoms with Crippen LogP contribution in [0.1, 0.15) is 18.9 Å². The molecule has 0 atom stereocenters. The van der Waals surface area contributed by atoms with Gasteiger partial charge in [0.05, 0.1) is 13.2 Å². The van der Waals surface area contributed by atoms with E-state index in [4.69, 9.17) is 4.74 Å². The Hall–Kier alpha value is -1.67. The lowest BCUT2D eigenvalue weighted by atomic mass is 9.74. The van der Waals surface area contributed by atoms with Crippen molar-refractivity contribution in [1.82, 2.24) is 0 Å². The van der Waals surface area contributed by atoms with Gasteiger partial charge in [-0.1, -0.05) is 42.5 Å². The quantitative estimate of drug-likeness (QED) is 0.824. The second-order valence-electron chi connectivity index (χ2n) is 5.21. The number of Topliss-reactive ketones (excluding diaryl/α,β-unsaturated/α-hetero) is 1. The molecule has 0 spiro atoms. The summed E-state index contributed by atoms with van der Waals surface area (Å²) in [6, 6.07) is 14.8. The standard InChI is InChI=1S/C16H16O2/c1-12(17)9-16(10-18-11-16)15-7-6-13-4-2-3-5-14(13)8-15/h2-8H,9-11H2,1H3. The Balaban J connectivity index is 2.04. The maximum absolute atomic E-state index is 11.4. The molecule has 1 saturated heterocycles. The molecule has 0 N–H and O–H groups in total. The van der Waals surface area contributed by atoms with Crippen molar-refractivity contribution in [2.75, 3.05) is 13.2 Å². The van der Waals surface area contributed by atoms with Crippen LogP contribution in [-0.4, -0.2) is 19.0 Å². The van der Waals surface area contributed by atoms with Crippen LogP contribution in [0.25, 0.3) is 10.8 Å². The van der Waals surface area contributed by atoms with Crippen LogP contribution in [0.5, 0.6) is 0 Å². The van der Waals surface area contributed by atoms with Crippen molar-refractivity contribution in [3.63, 3.8) is 0 Å². The third kappa shape index (κ3) is 1.83. The molecule has 0 aliphatic carbocycles. The molecule has 1 aliphatic rings. The van der Waals surface area contributed by atoms with Crippen molar-refractivity contribution in [2.45, 2.75) is 18.8 Å². The third-order valence-corrected chi connectivity index (χ3v) is 3.71. The molecule has 3 rings (SSSR count). The van der Waals surface area contributed by atoms with Gasteiger partial charge in [-0.25, -0.2) is 0 Å². The summed E-state index contributed by atoms with van der Waals surface area (Å²) in [5, 5.41) is 2.46. The van der Waals surface area contributed by atoms with Crippen molar-refractivity contribution in [2.24, 2.45) is 0 Å². The van der Waals surface area contributed by atoms with Gasteiger partial charge < -0.3 is 4.74 Å². The largest absolute Gasteiger partial charge is 0.379 e. The van der Waals surface area contributed by atoms with E-state index in [1.54, 1.807) is 6.92 Å². The lowest BCUT2D eigenvalue weighted by Gasteiger charge is -2.41. The molecule has 1 aliphatic heterocycles. The number of rotatable bonds is 3. The van der Waals surface area contributed by atoms with E-state index in [0.29, 0.717) is 19.6 Å². The van der Waals surface area contributed by atoms with E-state index in [0.717, 1.165) is 0 Å². The van der Waals surface area contributed by atoms with Crippen LogP contribution in [0.4, 0.5) is 0 Å². The number of hydrogen-bond donors (Lipinski definition) is 0. The number of carbonyl (C=O) groups is 1. The van der Waals surface area contributed by atoms with Crippen molar-refractivity contribution in [1.29, 1.82) is 0 Å². The Labute approximate surface area is 107 Å². The molecule has 0 saturated carbocycles. The molecule has 0 aromatic heterocycles. The maximum Gasteiger partial charge on any atom is 0.130 e. The highest BCUT2D eigenvalue weighted by molar-refractivity contribution is 5.84. The minimum Gasteiger partial charge on any atom is -0.379 e. The zero-order valence-electron chi connectivity index (χ0n) is 10.5. The number of carbonyl (C=O) groups excluding carboxylic acids is 1. The van der Waals surface area contributed by atoms with Gasteiger partial charge in [0.25, 0.3) is 0 Å². The summed E-state index contributed by atoms with van der Waals surface area (Å²) in [5.41, 5.74) is 1.14.